The maximum atomic E-state index is 10.6. The van der Waals surface area contributed by atoms with Crippen molar-refractivity contribution in [3.05, 3.63) is 59.0 Å². The first-order valence-corrected chi connectivity index (χ1v) is 6.25. The first kappa shape index (κ1) is 12.1. The number of pyridine rings is 1. The molecule has 4 nitrogen and oxygen atoms in total. The van der Waals surface area contributed by atoms with Gasteiger partial charge in [0, 0.05) is 18.6 Å². The molecule has 1 unspecified atom stereocenters. The van der Waals surface area contributed by atoms with Crippen LogP contribution in [0.25, 0.3) is 10.9 Å². The molecule has 1 aromatic carbocycles. The summed E-state index contributed by atoms with van der Waals surface area (Å²) in [4.78, 5) is 4.28. The zero-order chi connectivity index (χ0) is 13.4. The van der Waals surface area contributed by atoms with Gasteiger partial charge in [-0.15, -0.1) is 0 Å². The van der Waals surface area contributed by atoms with Gasteiger partial charge in [0.05, 0.1) is 22.4 Å². The van der Waals surface area contributed by atoms with Crippen LogP contribution in [-0.2, 0) is 7.05 Å². The smallest absolute Gasteiger partial charge is 0.123 e. The van der Waals surface area contributed by atoms with E-state index < -0.39 is 6.10 Å². The summed E-state index contributed by atoms with van der Waals surface area (Å²) in [7, 11) is 1.76. The number of aliphatic hydroxyl groups is 1. The third kappa shape index (κ3) is 1.99. The summed E-state index contributed by atoms with van der Waals surface area (Å²) >= 11 is 6.08. The van der Waals surface area contributed by atoms with Crippen molar-refractivity contribution in [2.45, 2.75) is 6.10 Å². The molecule has 0 saturated carbocycles. The minimum atomic E-state index is -0.826. The van der Waals surface area contributed by atoms with Gasteiger partial charge in [-0.2, -0.15) is 5.10 Å². The number of benzene rings is 1. The van der Waals surface area contributed by atoms with Gasteiger partial charge in [0.15, 0.2) is 0 Å². The lowest BCUT2D eigenvalue weighted by Gasteiger charge is -2.14. The number of halogens is 1. The summed E-state index contributed by atoms with van der Waals surface area (Å²) < 4.78 is 1.59. The Morgan fingerprint density at radius 3 is 2.79 bits per heavy atom. The number of hydrogen-bond acceptors (Lipinski definition) is 3. The van der Waals surface area contributed by atoms with Crippen LogP contribution >= 0.6 is 11.6 Å². The fourth-order valence-electron chi connectivity index (χ4n) is 2.23. The Kier molecular flexibility index (Phi) is 2.97. The highest BCUT2D eigenvalue weighted by Crippen LogP contribution is 2.31. The van der Waals surface area contributed by atoms with E-state index in [0.29, 0.717) is 10.7 Å². The maximum Gasteiger partial charge on any atom is 0.123 e. The minimum Gasteiger partial charge on any atom is -0.382 e. The van der Waals surface area contributed by atoms with Crippen LogP contribution in [0.15, 0.2) is 42.7 Å². The average molecular weight is 274 g/mol. The largest absolute Gasteiger partial charge is 0.382 e. The van der Waals surface area contributed by atoms with Crippen LogP contribution < -0.4 is 0 Å². The number of aliphatic hydroxyl groups excluding tert-OH is 1. The van der Waals surface area contributed by atoms with Crippen molar-refractivity contribution in [2.75, 3.05) is 0 Å². The van der Waals surface area contributed by atoms with E-state index in [1.165, 1.54) is 6.20 Å². The molecular weight excluding hydrogens is 262 g/mol. The molecule has 1 N–H and O–H groups in total. The Balaban J connectivity index is 2.20. The van der Waals surface area contributed by atoms with Gasteiger partial charge in [0.1, 0.15) is 6.10 Å². The number of para-hydroxylation sites is 1. The Morgan fingerprint density at radius 1 is 1.26 bits per heavy atom. The van der Waals surface area contributed by atoms with E-state index in [9.17, 15) is 5.11 Å². The molecule has 0 amide bonds. The summed E-state index contributed by atoms with van der Waals surface area (Å²) in [6, 6.07) is 9.49. The van der Waals surface area contributed by atoms with Crippen molar-refractivity contribution in [3.8, 4) is 0 Å². The van der Waals surface area contributed by atoms with E-state index in [4.69, 9.17) is 11.6 Å². The Bertz CT molecular complexity index is 714. The third-order valence-electron chi connectivity index (χ3n) is 3.17. The number of aromatic nitrogens is 3. The molecule has 0 saturated heterocycles. The van der Waals surface area contributed by atoms with E-state index in [0.717, 1.165) is 16.5 Å². The maximum absolute atomic E-state index is 10.6. The van der Waals surface area contributed by atoms with Crippen LogP contribution in [0.2, 0.25) is 5.02 Å². The lowest BCUT2D eigenvalue weighted by molar-refractivity contribution is 0.211. The SMILES string of the molecule is Cn1ncc(Cl)c1C(O)c1ccnc2ccccc12. The Morgan fingerprint density at radius 2 is 2.05 bits per heavy atom. The second-order valence-corrected chi connectivity index (χ2v) is 4.73. The molecule has 96 valence electrons. The molecule has 0 aliphatic heterocycles. The fraction of sp³-hybridized carbons (Fsp3) is 0.143. The van der Waals surface area contributed by atoms with Crippen LogP contribution in [0.1, 0.15) is 17.4 Å². The van der Waals surface area contributed by atoms with Gasteiger partial charge >= 0.3 is 0 Å². The fourth-order valence-corrected chi connectivity index (χ4v) is 2.50. The van der Waals surface area contributed by atoms with Crippen LogP contribution in [0.3, 0.4) is 0 Å². The molecule has 2 aromatic heterocycles. The summed E-state index contributed by atoms with van der Waals surface area (Å²) in [6.07, 6.45) is 2.39. The molecule has 0 spiro atoms. The molecule has 0 fully saturated rings. The van der Waals surface area contributed by atoms with Crippen molar-refractivity contribution < 1.29 is 5.11 Å². The van der Waals surface area contributed by atoms with Gasteiger partial charge in [0.2, 0.25) is 0 Å². The molecule has 3 rings (SSSR count). The lowest BCUT2D eigenvalue weighted by atomic mass is 10.0. The van der Waals surface area contributed by atoms with Gasteiger partial charge < -0.3 is 5.11 Å². The predicted octanol–water partition coefficient (Wildman–Crippen LogP) is 2.70. The quantitative estimate of drug-likeness (QED) is 0.781. The summed E-state index contributed by atoms with van der Waals surface area (Å²) in [6.45, 7) is 0. The number of rotatable bonds is 2. The molecule has 0 aliphatic carbocycles. The molecule has 3 aromatic rings. The topological polar surface area (TPSA) is 50.9 Å². The van der Waals surface area contributed by atoms with Crippen molar-refractivity contribution in [2.24, 2.45) is 7.05 Å². The van der Waals surface area contributed by atoms with Gasteiger partial charge in [-0.1, -0.05) is 29.8 Å². The van der Waals surface area contributed by atoms with Gasteiger partial charge in [-0.25, -0.2) is 0 Å². The first-order chi connectivity index (χ1) is 9.18. The van der Waals surface area contributed by atoms with E-state index in [2.05, 4.69) is 10.1 Å². The zero-order valence-corrected chi connectivity index (χ0v) is 11.0. The predicted molar refractivity (Wildman–Crippen MR) is 74.0 cm³/mol. The van der Waals surface area contributed by atoms with E-state index in [1.807, 2.05) is 24.3 Å². The molecule has 0 radical (unpaired) electrons. The van der Waals surface area contributed by atoms with Gasteiger partial charge in [-0.05, 0) is 17.7 Å². The molecule has 1 atom stereocenters. The Labute approximate surface area is 115 Å². The first-order valence-electron chi connectivity index (χ1n) is 5.87. The van der Waals surface area contributed by atoms with Crippen molar-refractivity contribution in [1.29, 1.82) is 0 Å². The highest BCUT2D eigenvalue weighted by Gasteiger charge is 2.20. The molecule has 0 bridgehead atoms. The minimum absolute atomic E-state index is 0.455. The lowest BCUT2D eigenvalue weighted by Crippen LogP contribution is -2.08. The summed E-state index contributed by atoms with van der Waals surface area (Å²) in [5.41, 5.74) is 2.20. The van der Waals surface area contributed by atoms with Crippen molar-refractivity contribution in [3.63, 3.8) is 0 Å². The monoisotopic (exact) mass is 273 g/mol. The highest BCUT2D eigenvalue weighted by molar-refractivity contribution is 6.31. The molecule has 2 heterocycles. The third-order valence-corrected chi connectivity index (χ3v) is 3.47. The average Bonchev–Trinajstić information content (AvgIpc) is 2.77. The molecule has 19 heavy (non-hydrogen) atoms. The highest BCUT2D eigenvalue weighted by atomic mass is 35.5. The summed E-state index contributed by atoms with van der Waals surface area (Å²) in [5.74, 6) is 0. The van der Waals surface area contributed by atoms with E-state index in [1.54, 1.807) is 24.0 Å². The molecule has 0 aliphatic rings. The van der Waals surface area contributed by atoms with Crippen molar-refractivity contribution in [1.82, 2.24) is 14.8 Å². The van der Waals surface area contributed by atoms with Crippen LogP contribution in [0.5, 0.6) is 0 Å². The van der Waals surface area contributed by atoms with E-state index in [-0.39, 0.29) is 0 Å². The van der Waals surface area contributed by atoms with E-state index >= 15 is 0 Å². The van der Waals surface area contributed by atoms with Crippen molar-refractivity contribution >= 4 is 22.5 Å². The number of aryl methyl sites for hydroxylation is 1. The van der Waals surface area contributed by atoms with Crippen LogP contribution in [-0.4, -0.2) is 19.9 Å². The summed E-state index contributed by atoms with van der Waals surface area (Å²) in [5, 5.41) is 16.0. The standard InChI is InChI=1S/C14H12ClN3O/c1-18-13(11(15)8-17-18)14(19)10-6-7-16-12-5-3-2-4-9(10)12/h2-8,14,19H,1H3. The molecule has 5 heteroatoms. The number of fused-ring (bicyclic) bond motifs is 1. The number of nitrogens with zero attached hydrogens (tertiary/aromatic N) is 3. The molecular formula is C14H12ClN3O. The Hall–Kier alpha value is -1.91. The normalized spacial score (nSPS) is 12.8. The van der Waals surface area contributed by atoms with Gasteiger partial charge in [-0.3, -0.25) is 9.67 Å². The van der Waals surface area contributed by atoms with Crippen LogP contribution in [0.4, 0.5) is 0 Å². The second kappa shape index (κ2) is 4.64. The number of hydrogen-bond donors (Lipinski definition) is 1. The second-order valence-electron chi connectivity index (χ2n) is 4.32. The van der Waals surface area contributed by atoms with Gasteiger partial charge in [0.25, 0.3) is 0 Å². The zero-order valence-electron chi connectivity index (χ0n) is 10.3. The van der Waals surface area contributed by atoms with Crippen LogP contribution in [0, 0.1) is 0 Å².